The lowest BCUT2D eigenvalue weighted by Gasteiger charge is -2.27. The maximum Gasteiger partial charge on any atom is 0.207 e. The third-order valence-corrected chi connectivity index (χ3v) is 5.18. The second-order valence-corrected chi connectivity index (χ2v) is 7.75. The normalized spacial score (nSPS) is 17.5. The monoisotopic (exact) mass is 420 g/mol. The number of aliphatic hydroxyl groups excluding tert-OH is 1. The Labute approximate surface area is 172 Å². The molecular weight excluding hydrogens is 402 g/mol. The fourth-order valence-corrected chi connectivity index (χ4v) is 3.63. The number of halogens is 3. The summed E-state index contributed by atoms with van der Waals surface area (Å²) >= 11 is 12.0. The van der Waals surface area contributed by atoms with Crippen LogP contribution in [0.25, 0.3) is 0 Å². The van der Waals surface area contributed by atoms with Crippen LogP contribution >= 0.6 is 23.2 Å². The van der Waals surface area contributed by atoms with Crippen molar-refractivity contribution >= 4 is 23.2 Å². The highest BCUT2D eigenvalue weighted by atomic mass is 35.5. The molecule has 0 radical (unpaired) electrons. The smallest absolute Gasteiger partial charge is 0.207 e. The Balaban J connectivity index is 1.47. The maximum atomic E-state index is 14.8. The molecule has 0 amide bonds. The van der Waals surface area contributed by atoms with Gasteiger partial charge in [0, 0.05) is 21.7 Å². The number of ether oxygens (including phenoxy) is 1. The zero-order chi connectivity index (χ0) is 19.7. The van der Waals surface area contributed by atoms with Gasteiger partial charge in [-0.2, -0.15) is 0 Å². The molecule has 2 aromatic carbocycles. The average Bonchev–Trinajstić information content (AvgIpc) is 3.46. The van der Waals surface area contributed by atoms with Gasteiger partial charge < -0.3 is 9.84 Å². The largest absolute Gasteiger partial charge is 0.494 e. The van der Waals surface area contributed by atoms with Crippen molar-refractivity contribution in [1.29, 1.82) is 0 Å². The fourth-order valence-electron chi connectivity index (χ4n) is 3.10. The molecule has 1 aliphatic heterocycles. The molecule has 1 atom stereocenters. The van der Waals surface area contributed by atoms with Gasteiger partial charge in [-0.3, -0.25) is 10.4 Å². The van der Waals surface area contributed by atoms with E-state index in [1.807, 2.05) is 18.2 Å². The standard InChI is InChI=1S/C21H19Cl2FN2O2/c22-15-6-7-18(19(23)9-15)20(24)12-26-11-17(10-21(27)25-26)28-16-3-1-2-14(8-16)13-4-5-13/h1-3,6-11,13,20,25,27H,4-5,12H2. The summed E-state index contributed by atoms with van der Waals surface area (Å²) in [6.07, 6.45) is 4.06. The van der Waals surface area contributed by atoms with E-state index in [-0.39, 0.29) is 17.5 Å². The van der Waals surface area contributed by atoms with Crippen molar-refractivity contribution in [3.05, 3.63) is 87.6 Å². The van der Waals surface area contributed by atoms with Crippen molar-refractivity contribution < 1.29 is 14.2 Å². The predicted molar refractivity (Wildman–Crippen MR) is 108 cm³/mol. The lowest BCUT2D eigenvalue weighted by atomic mass is 10.1. The van der Waals surface area contributed by atoms with Crippen LogP contribution in [-0.4, -0.2) is 16.7 Å². The van der Waals surface area contributed by atoms with Crippen LogP contribution in [0.15, 0.2) is 66.4 Å². The first-order chi connectivity index (χ1) is 13.5. The molecule has 4 rings (SSSR count). The first-order valence-corrected chi connectivity index (χ1v) is 9.76. The minimum absolute atomic E-state index is 0.0752. The molecule has 1 fully saturated rings. The third-order valence-electron chi connectivity index (χ3n) is 4.62. The van der Waals surface area contributed by atoms with E-state index < -0.39 is 6.17 Å². The number of rotatable bonds is 6. The zero-order valence-corrected chi connectivity index (χ0v) is 16.4. The topological polar surface area (TPSA) is 44.7 Å². The highest BCUT2D eigenvalue weighted by Gasteiger charge is 2.24. The molecular formula is C21H19Cl2FN2O2. The Bertz CT molecular complexity index is 944. The van der Waals surface area contributed by atoms with Gasteiger partial charge in [0.15, 0.2) is 5.76 Å². The van der Waals surface area contributed by atoms with Gasteiger partial charge in [0.05, 0.1) is 12.7 Å². The number of allylic oxidation sites excluding steroid dienone is 1. The van der Waals surface area contributed by atoms with Crippen molar-refractivity contribution in [3.63, 3.8) is 0 Å². The number of hydrogen-bond donors (Lipinski definition) is 2. The lowest BCUT2D eigenvalue weighted by molar-refractivity contribution is 0.161. The summed E-state index contributed by atoms with van der Waals surface area (Å²) in [7, 11) is 0. The van der Waals surface area contributed by atoms with Crippen LogP contribution in [-0.2, 0) is 0 Å². The van der Waals surface area contributed by atoms with Crippen molar-refractivity contribution in [2.75, 3.05) is 6.54 Å². The molecule has 0 saturated heterocycles. The summed E-state index contributed by atoms with van der Waals surface area (Å²) in [5.74, 6) is 1.56. The maximum absolute atomic E-state index is 14.8. The first-order valence-electron chi connectivity index (χ1n) is 9.00. The van der Waals surface area contributed by atoms with Crippen molar-refractivity contribution in [2.24, 2.45) is 0 Å². The second kappa shape index (κ2) is 7.94. The van der Waals surface area contributed by atoms with Crippen LogP contribution in [0.5, 0.6) is 5.75 Å². The van der Waals surface area contributed by atoms with Crippen LogP contribution < -0.4 is 10.2 Å². The van der Waals surface area contributed by atoms with E-state index in [1.165, 1.54) is 35.6 Å². The minimum Gasteiger partial charge on any atom is -0.494 e. The Kier molecular flexibility index (Phi) is 5.38. The molecule has 0 spiro atoms. The molecule has 0 bridgehead atoms. The molecule has 1 heterocycles. The van der Waals surface area contributed by atoms with Gasteiger partial charge in [-0.05, 0) is 48.6 Å². The lowest BCUT2D eigenvalue weighted by Crippen LogP contribution is -2.38. The van der Waals surface area contributed by atoms with E-state index in [1.54, 1.807) is 18.3 Å². The van der Waals surface area contributed by atoms with E-state index in [4.69, 9.17) is 27.9 Å². The summed E-state index contributed by atoms with van der Waals surface area (Å²) in [4.78, 5) is 0. The first kappa shape index (κ1) is 19.0. The van der Waals surface area contributed by atoms with Crippen molar-refractivity contribution in [3.8, 4) is 5.75 Å². The highest BCUT2D eigenvalue weighted by molar-refractivity contribution is 6.35. The highest BCUT2D eigenvalue weighted by Crippen LogP contribution is 2.41. The molecule has 2 N–H and O–H groups in total. The van der Waals surface area contributed by atoms with Crippen molar-refractivity contribution in [2.45, 2.75) is 24.9 Å². The van der Waals surface area contributed by atoms with Gasteiger partial charge in [-0.15, -0.1) is 0 Å². The summed E-state index contributed by atoms with van der Waals surface area (Å²) < 4.78 is 20.6. The number of benzene rings is 2. The minimum atomic E-state index is -1.39. The molecule has 0 aromatic heterocycles. The molecule has 28 heavy (non-hydrogen) atoms. The summed E-state index contributed by atoms with van der Waals surface area (Å²) in [6.45, 7) is -0.0752. The Morgan fingerprint density at radius 1 is 1.21 bits per heavy atom. The Morgan fingerprint density at radius 3 is 2.79 bits per heavy atom. The molecule has 1 saturated carbocycles. The van der Waals surface area contributed by atoms with Gasteiger partial charge in [-0.25, -0.2) is 4.39 Å². The number of hydrogen-bond acceptors (Lipinski definition) is 4. The van der Waals surface area contributed by atoms with Gasteiger partial charge in [0.1, 0.15) is 11.9 Å². The van der Waals surface area contributed by atoms with E-state index in [9.17, 15) is 9.50 Å². The zero-order valence-electron chi connectivity index (χ0n) is 14.9. The summed E-state index contributed by atoms with van der Waals surface area (Å²) in [5, 5.41) is 12.1. The van der Waals surface area contributed by atoms with E-state index in [2.05, 4.69) is 11.5 Å². The predicted octanol–water partition coefficient (Wildman–Crippen LogP) is 6.02. The third kappa shape index (κ3) is 4.54. The van der Waals surface area contributed by atoms with E-state index >= 15 is 0 Å². The molecule has 2 aliphatic rings. The van der Waals surface area contributed by atoms with Crippen LogP contribution in [0, 0.1) is 0 Å². The number of nitrogens with one attached hydrogen (secondary N) is 1. The molecule has 146 valence electrons. The number of aliphatic hydroxyl groups is 1. The Hall–Kier alpha value is -2.37. The molecule has 1 aliphatic carbocycles. The SMILES string of the molecule is OC1=CC(Oc2cccc(C3CC3)c2)=CN(CC(F)c2ccc(Cl)cc2Cl)N1. The van der Waals surface area contributed by atoms with Crippen LogP contribution in [0.1, 0.15) is 36.1 Å². The quantitative estimate of drug-likeness (QED) is 0.599. The molecule has 2 aromatic rings. The van der Waals surface area contributed by atoms with Crippen LogP contribution in [0.4, 0.5) is 4.39 Å². The number of hydrazine groups is 1. The Morgan fingerprint density at radius 2 is 2.04 bits per heavy atom. The van der Waals surface area contributed by atoms with E-state index in [0.717, 1.165) is 0 Å². The van der Waals surface area contributed by atoms with Crippen molar-refractivity contribution in [1.82, 2.24) is 10.4 Å². The average molecular weight is 421 g/mol. The number of nitrogens with zero attached hydrogens (tertiary/aromatic N) is 1. The van der Waals surface area contributed by atoms with E-state index in [0.29, 0.717) is 28.0 Å². The fraction of sp³-hybridized carbons (Fsp3) is 0.238. The molecule has 4 nitrogen and oxygen atoms in total. The van der Waals surface area contributed by atoms with Gasteiger partial charge in [0.2, 0.25) is 5.88 Å². The second-order valence-electron chi connectivity index (χ2n) is 6.91. The summed E-state index contributed by atoms with van der Waals surface area (Å²) in [5.41, 5.74) is 4.26. The van der Waals surface area contributed by atoms with Crippen LogP contribution in [0.2, 0.25) is 10.0 Å². The van der Waals surface area contributed by atoms with Gasteiger partial charge >= 0.3 is 0 Å². The molecule has 7 heteroatoms. The summed E-state index contributed by atoms with van der Waals surface area (Å²) in [6, 6.07) is 12.5. The number of alkyl halides is 1. The van der Waals surface area contributed by atoms with Gasteiger partial charge in [0.25, 0.3) is 0 Å². The molecule has 1 unspecified atom stereocenters. The van der Waals surface area contributed by atoms with Crippen LogP contribution in [0.3, 0.4) is 0 Å². The van der Waals surface area contributed by atoms with Gasteiger partial charge in [-0.1, -0.05) is 41.4 Å².